The Morgan fingerprint density at radius 3 is 3.18 bits per heavy atom. The highest BCUT2D eigenvalue weighted by molar-refractivity contribution is 7.11. The summed E-state index contributed by atoms with van der Waals surface area (Å²) in [5.41, 5.74) is 0. The number of piperidine rings is 1. The number of hydrogen-bond donors (Lipinski definition) is 1. The van der Waals surface area contributed by atoms with Crippen LogP contribution >= 0.6 is 11.3 Å². The maximum absolute atomic E-state index is 4.53. The van der Waals surface area contributed by atoms with Crippen LogP contribution in [-0.4, -0.2) is 29.0 Å². The quantitative estimate of drug-likeness (QED) is 0.874. The summed E-state index contributed by atoms with van der Waals surface area (Å²) in [6, 6.07) is 0.727. The third-order valence-corrected chi connectivity index (χ3v) is 4.41. The molecule has 1 N–H and O–H groups in total. The number of aromatic nitrogens is 1. The van der Waals surface area contributed by atoms with E-state index in [1.165, 1.54) is 35.7 Å². The van der Waals surface area contributed by atoms with Crippen LogP contribution in [0.4, 0.5) is 0 Å². The fourth-order valence-electron chi connectivity index (χ4n) is 2.32. The van der Waals surface area contributed by atoms with E-state index >= 15 is 0 Å². The van der Waals surface area contributed by atoms with Gasteiger partial charge in [-0.3, -0.25) is 4.90 Å². The molecule has 0 radical (unpaired) electrons. The fourth-order valence-corrected chi connectivity index (χ4v) is 3.24. The van der Waals surface area contributed by atoms with Gasteiger partial charge in [-0.2, -0.15) is 0 Å². The van der Waals surface area contributed by atoms with Crippen molar-refractivity contribution >= 4 is 11.3 Å². The lowest BCUT2D eigenvalue weighted by Gasteiger charge is -2.32. The molecule has 1 unspecified atom stereocenters. The Bertz CT molecular complexity index is 337. The van der Waals surface area contributed by atoms with Crippen molar-refractivity contribution in [2.75, 3.05) is 13.1 Å². The summed E-state index contributed by atoms with van der Waals surface area (Å²) in [4.78, 5) is 8.46. The molecule has 0 spiro atoms. The number of thiazole rings is 1. The molecule has 2 rings (SSSR count). The second-order valence-electron chi connectivity index (χ2n) is 4.82. The van der Waals surface area contributed by atoms with Crippen LogP contribution in [0.1, 0.15) is 43.0 Å². The Kier molecular flexibility index (Phi) is 4.95. The number of rotatable bonds is 5. The van der Waals surface area contributed by atoms with E-state index in [4.69, 9.17) is 0 Å². The third-order valence-electron chi connectivity index (χ3n) is 3.43. The van der Waals surface area contributed by atoms with Gasteiger partial charge in [-0.1, -0.05) is 13.3 Å². The van der Waals surface area contributed by atoms with E-state index in [0.717, 1.165) is 25.7 Å². The van der Waals surface area contributed by atoms with E-state index in [9.17, 15) is 0 Å². The second kappa shape index (κ2) is 6.47. The van der Waals surface area contributed by atoms with Crippen LogP contribution in [0, 0.1) is 0 Å². The lowest BCUT2D eigenvalue weighted by molar-refractivity contribution is 0.152. The average molecular weight is 253 g/mol. The molecular weight excluding hydrogens is 230 g/mol. The van der Waals surface area contributed by atoms with E-state index in [2.05, 4.69) is 29.0 Å². The van der Waals surface area contributed by atoms with Crippen molar-refractivity contribution in [1.82, 2.24) is 15.2 Å². The van der Waals surface area contributed by atoms with Gasteiger partial charge in [0, 0.05) is 23.7 Å². The van der Waals surface area contributed by atoms with Crippen LogP contribution in [0.25, 0.3) is 0 Å². The zero-order valence-electron chi connectivity index (χ0n) is 10.9. The van der Waals surface area contributed by atoms with Gasteiger partial charge in [-0.15, -0.1) is 11.3 Å². The van der Waals surface area contributed by atoms with Gasteiger partial charge < -0.3 is 5.32 Å². The van der Waals surface area contributed by atoms with E-state index in [1.807, 2.05) is 17.5 Å². The monoisotopic (exact) mass is 253 g/mol. The molecule has 1 aromatic rings. The van der Waals surface area contributed by atoms with Crippen molar-refractivity contribution < 1.29 is 0 Å². The topological polar surface area (TPSA) is 28.2 Å². The molecule has 1 atom stereocenters. The third kappa shape index (κ3) is 3.76. The Labute approximate surface area is 108 Å². The minimum absolute atomic E-state index is 0.727. The molecule has 4 heteroatoms. The lowest BCUT2D eigenvalue weighted by atomic mass is 10.0. The van der Waals surface area contributed by atoms with Gasteiger partial charge in [0.25, 0.3) is 0 Å². The Balaban J connectivity index is 1.87. The Morgan fingerprint density at radius 2 is 2.41 bits per heavy atom. The summed E-state index contributed by atoms with van der Waals surface area (Å²) < 4.78 is 0. The van der Waals surface area contributed by atoms with Crippen molar-refractivity contribution in [2.24, 2.45) is 0 Å². The molecule has 96 valence electrons. The molecule has 17 heavy (non-hydrogen) atoms. The van der Waals surface area contributed by atoms with Gasteiger partial charge in [0.15, 0.2) is 0 Å². The summed E-state index contributed by atoms with van der Waals surface area (Å²) >= 11 is 1.85. The first-order valence-corrected chi connectivity index (χ1v) is 7.49. The predicted octanol–water partition coefficient (Wildman–Crippen LogP) is 2.63. The number of hydrogen-bond acceptors (Lipinski definition) is 4. The Morgan fingerprint density at radius 1 is 1.53 bits per heavy atom. The van der Waals surface area contributed by atoms with E-state index in [-0.39, 0.29) is 0 Å². The lowest BCUT2D eigenvalue weighted by Crippen LogP contribution is -2.36. The smallest absolute Gasteiger partial charge is 0.107 e. The van der Waals surface area contributed by atoms with Gasteiger partial charge in [-0.05, 0) is 32.9 Å². The van der Waals surface area contributed by atoms with Crippen molar-refractivity contribution in [2.45, 2.75) is 52.2 Å². The predicted molar refractivity (Wildman–Crippen MR) is 73.2 cm³/mol. The van der Waals surface area contributed by atoms with Crippen molar-refractivity contribution in [3.8, 4) is 0 Å². The first-order chi connectivity index (χ1) is 8.29. The molecule has 0 amide bonds. The molecule has 0 saturated carbocycles. The minimum Gasteiger partial charge on any atom is -0.312 e. The van der Waals surface area contributed by atoms with Gasteiger partial charge in [-0.25, -0.2) is 4.98 Å². The fraction of sp³-hybridized carbons (Fsp3) is 0.769. The molecular formula is C13H23N3S. The summed E-state index contributed by atoms with van der Waals surface area (Å²) in [7, 11) is 0. The van der Waals surface area contributed by atoms with Crippen LogP contribution in [0.15, 0.2) is 6.20 Å². The second-order valence-corrected chi connectivity index (χ2v) is 6.02. The van der Waals surface area contributed by atoms with Crippen LogP contribution < -0.4 is 5.32 Å². The van der Waals surface area contributed by atoms with E-state index in [1.54, 1.807) is 0 Å². The molecule has 1 aromatic heterocycles. The molecule has 1 aliphatic heterocycles. The largest absolute Gasteiger partial charge is 0.312 e. The molecule has 1 aliphatic rings. The Hall–Kier alpha value is -0.450. The van der Waals surface area contributed by atoms with Gasteiger partial charge in [0.2, 0.25) is 0 Å². The standard InChI is InChI=1S/C13H23N3S/c1-3-14-8-12-9-15-13(17-12)10-16-7-5-4-6-11(16)2/h9,11,14H,3-8,10H2,1-2H3. The zero-order chi connectivity index (χ0) is 12.1. The highest BCUT2D eigenvalue weighted by atomic mass is 32.1. The molecule has 0 bridgehead atoms. The normalized spacial score (nSPS) is 21.9. The van der Waals surface area contributed by atoms with Gasteiger partial charge >= 0.3 is 0 Å². The molecule has 0 aromatic carbocycles. The maximum Gasteiger partial charge on any atom is 0.107 e. The summed E-state index contributed by atoms with van der Waals surface area (Å²) in [5.74, 6) is 0. The summed E-state index contributed by atoms with van der Waals surface area (Å²) in [5, 5.41) is 4.62. The van der Waals surface area contributed by atoms with Crippen LogP contribution in [0.2, 0.25) is 0 Å². The highest BCUT2D eigenvalue weighted by Gasteiger charge is 2.19. The first kappa shape index (κ1) is 13.0. The van der Waals surface area contributed by atoms with Crippen molar-refractivity contribution in [3.05, 3.63) is 16.1 Å². The van der Waals surface area contributed by atoms with Gasteiger partial charge in [0.1, 0.15) is 5.01 Å². The number of nitrogens with zero attached hydrogens (tertiary/aromatic N) is 2. The van der Waals surface area contributed by atoms with E-state index in [0.29, 0.717) is 0 Å². The molecule has 3 nitrogen and oxygen atoms in total. The van der Waals surface area contributed by atoms with Crippen LogP contribution in [0.5, 0.6) is 0 Å². The van der Waals surface area contributed by atoms with Crippen molar-refractivity contribution in [1.29, 1.82) is 0 Å². The molecule has 1 fully saturated rings. The highest BCUT2D eigenvalue weighted by Crippen LogP contribution is 2.21. The molecule has 2 heterocycles. The zero-order valence-corrected chi connectivity index (χ0v) is 11.7. The molecule has 1 saturated heterocycles. The average Bonchev–Trinajstić information content (AvgIpc) is 2.77. The van der Waals surface area contributed by atoms with Gasteiger partial charge in [0.05, 0.1) is 6.54 Å². The number of nitrogens with one attached hydrogen (secondary N) is 1. The minimum atomic E-state index is 0.727. The number of likely N-dealkylation sites (tertiary alicyclic amines) is 1. The van der Waals surface area contributed by atoms with E-state index < -0.39 is 0 Å². The first-order valence-electron chi connectivity index (χ1n) is 6.68. The summed E-state index contributed by atoms with van der Waals surface area (Å²) in [6.07, 6.45) is 6.11. The van der Waals surface area contributed by atoms with Crippen LogP contribution in [-0.2, 0) is 13.1 Å². The van der Waals surface area contributed by atoms with Crippen LogP contribution in [0.3, 0.4) is 0 Å². The maximum atomic E-state index is 4.53. The SMILES string of the molecule is CCNCc1cnc(CN2CCCCC2C)s1. The summed E-state index contributed by atoms with van der Waals surface area (Å²) in [6.45, 7) is 8.74. The molecule has 0 aliphatic carbocycles. The van der Waals surface area contributed by atoms with Crippen molar-refractivity contribution in [3.63, 3.8) is 0 Å².